The van der Waals surface area contributed by atoms with Gasteiger partial charge in [-0.05, 0) is 25.7 Å². The molecule has 0 unspecified atom stereocenters. The van der Waals surface area contributed by atoms with Gasteiger partial charge in [-0.3, -0.25) is 9.59 Å². The highest BCUT2D eigenvalue weighted by molar-refractivity contribution is 5.76. The summed E-state index contributed by atoms with van der Waals surface area (Å²) in [5, 5.41) is 8.69. The fourth-order valence-electron chi connectivity index (χ4n) is 2.25. The van der Waals surface area contributed by atoms with Gasteiger partial charge in [0.1, 0.15) is 0 Å². The number of likely N-dealkylation sites (tertiary alicyclic amines) is 1. The average molecular weight is 243 g/mol. The molecule has 1 atom stereocenters. The van der Waals surface area contributed by atoms with E-state index in [-0.39, 0.29) is 18.4 Å². The molecule has 0 bridgehead atoms. The molecule has 0 radical (unpaired) electrons. The quantitative estimate of drug-likeness (QED) is 0.763. The monoisotopic (exact) mass is 243 g/mol. The topological polar surface area (TPSA) is 66.8 Å². The molecule has 0 spiro atoms. The number of carbonyl (C=O) groups excluding carboxylic acids is 1. The van der Waals surface area contributed by atoms with E-state index in [2.05, 4.69) is 0 Å². The highest BCUT2D eigenvalue weighted by atomic mass is 16.5. The van der Waals surface area contributed by atoms with Crippen LogP contribution in [-0.2, 0) is 14.3 Å². The fourth-order valence-corrected chi connectivity index (χ4v) is 2.25. The number of carboxylic acids is 1. The lowest BCUT2D eigenvalue weighted by atomic mass is 9.97. The van der Waals surface area contributed by atoms with Crippen LogP contribution >= 0.6 is 0 Å². The second-order valence-electron chi connectivity index (χ2n) is 4.41. The largest absolute Gasteiger partial charge is 0.481 e. The Morgan fingerprint density at radius 2 is 2.12 bits per heavy atom. The van der Waals surface area contributed by atoms with Crippen LogP contribution in [0.15, 0.2) is 0 Å². The van der Waals surface area contributed by atoms with Crippen molar-refractivity contribution in [3.05, 3.63) is 0 Å². The summed E-state index contributed by atoms with van der Waals surface area (Å²) in [5.74, 6) is -0.707. The van der Waals surface area contributed by atoms with E-state index in [0.717, 1.165) is 25.8 Å². The molecule has 1 heterocycles. The summed E-state index contributed by atoms with van der Waals surface area (Å²) in [6.07, 6.45) is 4.11. The van der Waals surface area contributed by atoms with Gasteiger partial charge in [-0.25, -0.2) is 0 Å². The minimum Gasteiger partial charge on any atom is -0.481 e. The molecule has 1 amide bonds. The summed E-state index contributed by atoms with van der Waals surface area (Å²) < 4.78 is 4.90. The molecule has 5 heteroatoms. The Kier molecular flexibility index (Phi) is 5.97. The summed E-state index contributed by atoms with van der Waals surface area (Å²) in [5.41, 5.74) is 0. The molecule has 1 N–H and O–H groups in total. The molecule has 1 fully saturated rings. The van der Waals surface area contributed by atoms with Crippen LogP contribution in [0.2, 0.25) is 0 Å². The SMILES string of the molecule is COCCC(=O)N1CCCC[C@@H]1CCC(=O)O. The van der Waals surface area contributed by atoms with Crippen LogP contribution in [0.1, 0.15) is 38.5 Å². The number of rotatable bonds is 6. The number of ether oxygens (including phenoxy) is 1. The zero-order valence-corrected chi connectivity index (χ0v) is 10.4. The summed E-state index contributed by atoms with van der Waals surface area (Å²) in [6.45, 7) is 1.19. The smallest absolute Gasteiger partial charge is 0.303 e. The van der Waals surface area contributed by atoms with Crippen LogP contribution in [0.25, 0.3) is 0 Å². The molecule has 1 saturated heterocycles. The molecular formula is C12H21NO4. The lowest BCUT2D eigenvalue weighted by Gasteiger charge is -2.35. The van der Waals surface area contributed by atoms with Crippen molar-refractivity contribution in [1.29, 1.82) is 0 Å². The predicted octanol–water partition coefficient (Wildman–Crippen LogP) is 1.27. The summed E-state index contributed by atoms with van der Waals surface area (Å²) in [4.78, 5) is 24.3. The first-order valence-electron chi connectivity index (χ1n) is 6.15. The van der Waals surface area contributed by atoms with Crippen molar-refractivity contribution < 1.29 is 19.4 Å². The van der Waals surface area contributed by atoms with E-state index in [9.17, 15) is 9.59 Å². The summed E-state index contributed by atoms with van der Waals surface area (Å²) in [7, 11) is 1.57. The van der Waals surface area contributed by atoms with Gasteiger partial charge >= 0.3 is 5.97 Å². The van der Waals surface area contributed by atoms with Gasteiger partial charge in [0.25, 0.3) is 0 Å². The average Bonchev–Trinajstić information content (AvgIpc) is 2.33. The fraction of sp³-hybridized carbons (Fsp3) is 0.833. The van der Waals surface area contributed by atoms with Gasteiger partial charge in [0.2, 0.25) is 5.91 Å². The first-order valence-corrected chi connectivity index (χ1v) is 6.15. The first-order chi connectivity index (χ1) is 8.15. The lowest BCUT2D eigenvalue weighted by molar-refractivity contribution is -0.140. The van der Waals surface area contributed by atoms with Crippen molar-refractivity contribution in [3.63, 3.8) is 0 Å². The number of amides is 1. The second-order valence-corrected chi connectivity index (χ2v) is 4.41. The molecular weight excluding hydrogens is 222 g/mol. The van der Waals surface area contributed by atoms with Crippen LogP contribution in [0, 0.1) is 0 Å². The Balaban J connectivity index is 2.46. The molecule has 1 aliphatic heterocycles. The third-order valence-electron chi connectivity index (χ3n) is 3.16. The molecule has 0 saturated carbocycles. The predicted molar refractivity (Wildman–Crippen MR) is 62.7 cm³/mol. The third-order valence-corrected chi connectivity index (χ3v) is 3.16. The Bertz CT molecular complexity index is 267. The van der Waals surface area contributed by atoms with Crippen LogP contribution < -0.4 is 0 Å². The first kappa shape index (κ1) is 14.0. The van der Waals surface area contributed by atoms with Gasteiger partial charge < -0.3 is 14.7 Å². The van der Waals surface area contributed by atoms with Crippen molar-refractivity contribution >= 4 is 11.9 Å². The van der Waals surface area contributed by atoms with Gasteiger partial charge in [0.05, 0.1) is 13.0 Å². The zero-order valence-electron chi connectivity index (χ0n) is 10.4. The van der Waals surface area contributed by atoms with Crippen LogP contribution in [0.3, 0.4) is 0 Å². The van der Waals surface area contributed by atoms with Crippen LogP contribution in [0.4, 0.5) is 0 Å². The number of aliphatic carboxylic acids is 1. The number of carbonyl (C=O) groups is 2. The Morgan fingerprint density at radius 3 is 2.76 bits per heavy atom. The number of methoxy groups -OCH3 is 1. The minimum absolute atomic E-state index is 0.0851. The summed E-state index contributed by atoms with van der Waals surface area (Å²) in [6, 6.07) is 0.101. The van der Waals surface area contributed by atoms with E-state index in [4.69, 9.17) is 9.84 Å². The van der Waals surface area contributed by atoms with Gasteiger partial charge in [-0.1, -0.05) is 0 Å². The van der Waals surface area contributed by atoms with E-state index < -0.39 is 5.97 Å². The number of carboxylic acid groups (broad SMARTS) is 1. The number of nitrogens with zero attached hydrogens (tertiary/aromatic N) is 1. The third kappa shape index (κ3) is 4.73. The molecule has 0 aromatic carbocycles. The lowest BCUT2D eigenvalue weighted by Crippen LogP contribution is -2.44. The molecule has 0 aromatic heterocycles. The van der Waals surface area contributed by atoms with Crippen LogP contribution in [0.5, 0.6) is 0 Å². The number of piperidine rings is 1. The van der Waals surface area contributed by atoms with E-state index in [1.165, 1.54) is 0 Å². The zero-order chi connectivity index (χ0) is 12.7. The van der Waals surface area contributed by atoms with Gasteiger partial charge in [-0.15, -0.1) is 0 Å². The summed E-state index contributed by atoms with van der Waals surface area (Å²) >= 11 is 0. The van der Waals surface area contributed by atoms with Crippen molar-refractivity contribution in [2.45, 2.75) is 44.6 Å². The molecule has 0 aliphatic carbocycles. The van der Waals surface area contributed by atoms with Crippen molar-refractivity contribution in [2.75, 3.05) is 20.3 Å². The standard InChI is InChI=1S/C12H21NO4/c1-17-9-7-11(14)13-8-3-2-4-10(13)5-6-12(15)16/h10H,2-9H2,1H3,(H,15,16)/t10-/m1/s1. The Morgan fingerprint density at radius 1 is 1.35 bits per heavy atom. The minimum atomic E-state index is -0.792. The van der Waals surface area contributed by atoms with E-state index in [1.807, 2.05) is 4.90 Å². The maximum absolute atomic E-state index is 11.9. The van der Waals surface area contributed by atoms with E-state index >= 15 is 0 Å². The Labute approximate surface area is 102 Å². The molecule has 98 valence electrons. The molecule has 5 nitrogen and oxygen atoms in total. The van der Waals surface area contributed by atoms with Gasteiger partial charge in [0, 0.05) is 26.1 Å². The highest BCUT2D eigenvalue weighted by Crippen LogP contribution is 2.21. The number of hydrogen-bond donors (Lipinski definition) is 1. The van der Waals surface area contributed by atoms with Crippen molar-refractivity contribution in [2.24, 2.45) is 0 Å². The molecule has 17 heavy (non-hydrogen) atoms. The normalized spacial score (nSPS) is 20.3. The molecule has 1 aliphatic rings. The van der Waals surface area contributed by atoms with Gasteiger partial charge in [0.15, 0.2) is 0 Å². The maximum Gasteiger partial charge on any atom is 0.303 e. The molecule has 0 aromatic rings. The van der Waals surface area contributed by atoms with E-state index in [0.29, 0.717) is 19.4 Å². The Hall–Kier alpha value is -1.10. The molecule has 1 rings (SSSR count). The van der Waals surface area contributed by atoms with Crippen molar-refractivity contribution in [1.82, 2.24) is 4.90 Å². The van der Waals surface area contributed by atoms with Crippen LogP contribution in [-0.4, -0.2) is 48.2 Å². The number of hydrogen-bond acceptors (Lipinski definition) is 3. The van der Waals surface area contributed by atoms with Crippen molar-refractivity contribution in [3.8, 4) is 0 Å². The highest BCUT2D eigenvalue weighted by Gasteiger charge is 2.26. The second kappa shape index (κ2) is 7.27. The maximum atomic E-state index is 11.9. The van der Waals surface area contributed by atoms with E-state index in [1.54, 1.807) is 7.11 Å². The van der Waals surface area contributed by atoms with Gasteiger partial charge in [-0.2, -0.15) is 0 Å².